The Kier molecular flexibility index (Phi) is 4.29. The molecule has 0 saturated heterocycles. The topological polar surface area (TPSA) is 38.3 Å². The third-order valence-electron chi connectivity index (χ3n) is 5.15. The zero-order valence-electron chi connectivity index (χ0n) is 13.0. The number of esters is 1. The standard InChI is InChI=1S/C18H25NO2/c1-12-3-6-17(9-13(12)2)21-18(20)15-5-4-14-7-8-19-11-16(14)10-15/h4-5,10,12-13,17,19H,3,6-9,11H2,1-2H3. The van der Waals surface area contributed by atoms with Crippen LogP contribution in [0.3, 0.4) is 0 Å². The van der Waals surface area contributed by atoms with Crippen molar-refractivity contribution in [1.29, 1.82) is 0 Å². The molecule has 1 N–H and O–H groups in total. The predicted molar refractivity (Wildman–Crippen MR) is 83.2 cm³/mol. The molecule has 0 bridgehead atoms. The van der Waals surface area contributed by atoms with E-state index in [9.17, 15) is 4.79 Å². The van der Waals surface area contributed by atoms with Crippen LogP contribution in [0.15, 0.2) is 18.2 Å². The summed E-state index contributed by atoms with van der Waals surface area (Å²) in [5, 5.41) is 3.35. The van der Waals surface area contributed by atoms with Crippen LogP contribution in [0.1, 0.15) is 54.6 Å². The summed E-state index contributed by atoms with van der Waals surface area (Å²) in [4.78, 5) is 12.3. The molecule has 21 heavy (non-hydrogen) atoms. The van der Waals surface area contributed by atoms with Crippen LogP contribution in [-0.2, 0) is 17.7 Å². The van der Waals surface area contributed by atoms with E-state index < -0.39 is 0 Å². The van der Waals surface area contributed by atoms with E-state index in [0.29, 0.717) is 11.5 Å². The lowest BCUT2D eigenvalue weighted by molar-refractivity contribution is 0.00877. The van der Waals surface area contributed by atoms with Gasteiger partial charge in [0.15, 0.2) is 0 Å². The Morgan fingerprint density at radius 1 is 1.19 bits per heavy atom. The molecule has 1 aromatic rings. The molecule has 3 atom stereocenters. The van der Waals surface area contributed by atoms with Crippen molar-refractivity contribution in [3.05, 3.63) is 34.9 Å². The maximum Gasteiger partial charge on any atom is 0.338 e. The van der Waals surface area contributed by atoms with Gasteiger partial charge in [0.1, 0.15) is 6.10 Å². The van der Waals surface area contributed by atoms with Gasteiger partial charge < -0.3 is 10.1 Å². The van der Waals surface area contributed by atoms with Crippen LogP contribution in [0, 0.1) is 11.8 Å². The number of nitrogens with one attached hydrogen (secondary N) is 1. The molecule has 1 aromatic carbocycles. The smallest absolute Gasteiger partial charge is 0.338 e. The van der Waals surface area contributed by atoms with E-state index in [1.807, 2.05) is 12.1 Å². The molecule has 3 nitrogen and oxygen atoms in total. The molecule has 3 heteroatoms. The van der Waals surface area contributed by atoms with Crippen LogP contribution in [0.4, 0.5) is 0 Å². The molecule has 114 valence electrons. The fourth-order valence-electron chi connectivity index (χ4n) is 3.43. The molecule has 3 rings (SSSR count). The highest BCUT2D eigenvalue weighted by atomic mass is 16.5. The first-order valence-corrected chi connectivity index (χ1v) is 8.17. The van der Waals surface area contributed by atoms with Gasteiger partial charge in [0, 0.05) is 6.54 Å². The zero-order valence-corrected chi connectivity index (χ0v) is 13.0. The summed E-state index contributed by atoms with van der Waals surface area (Å²) in [7, 11) is 0. The van der Waals surface area contributed by atoms with E-state index in [0.717, 1.165) is 44.7 Å². The van der Waals surface area contributed by atoms with Crippen LogP contribution in [-0.4, -0.2) is 18.6 Å². The lowest BCUT2D eigenvalue weighted by Gasteiger charge is -2.31. The molecule has 1 aliphatic carbocycles. The van der Waals surface area contributed by atoms with Gasteiger partial charge in [-0.2, -0.15) is 0 Å². The number of hydrogen-bond acceptors (Lipinski definition) is 3. The minimum absolute atomic E-state index is 0.0952. The molecule has 1 fully saturated rings. The fraction of sp³-hybridized carbons (Fsp3) is 0.611. The highest BCUT2D eigenvalue weighted by Gasteiger charge is 2.27. The van der Waals surface area contributed by atoms with Crippen molar-refractivity contribution in [3.63, 3.8) is 0 Å². The largest absolute Gasteiger partial charge is 0.459 e. The van der Waals surface area contributed by atoms with Gasteiger partial charge in [0.25, 0.3) is 0 Å². The third-order valence-corrected chi connectivity index (χ3v) is 5.15. The molecule has 1 aliphatic heterocycles. The number of rotatable bonds is 2. The third kappa shape index (κ3) is 3.29. The van der Waals surface area contributed by atoms with Gasteiger partial charge in [-0.15, -0.1) is 0 Å². The Bertz CT molecular complexity index is 526. The molecule has 1 saturated carbocycles. The van der Waals surface area contributed by atoms with Gasteiger partial charge >= 0.3 is 5.97 Å². The minimum Gasteiger partial charge on any atom is -0.459 e. The van der Waals surface area contributed by atoms with Gasteiger partial charge in [0.2, 0.25) is 0 Å². The Labute approximate surface area is 127 Å². The molecule has 0 aromatic heterocycles. The number of carbonyl (C=O) groups excluding carboxylic acids is 1. The average molecular weight is 287 g/mol. The first-order chi connectivity index (χ1) is 10.1. The molecule has 0 amide bonds. The van der Waals surface area contributed by atoms with Crippen molar-refractivity contribution in [1.82, 2.24) is 5.32 Å². The van der Waals surface area contributed by atoms with E-state index in [2.05, 4.69) is 25.2 Å². The molecular formula is C18H25NO2. The maximum atomic E-state index is 12.3. The first kappa shape index (κ1) is 14.6. The Morgan fingerprint density at radius 2 is 2.05 bits per heavy atom. The van der Waals surface area contributed by atoms with Crippen molar-refractivity contribution >= 4 is 5.97 Å². The monoisotopic (exact) mass is 287 g/mol. The number of hydrogen-bond donors (Lipinski definition) is 1. The lowest BCUT2D eigenvalue weighted by atomic mass is 9.80. The van der Waals surface area contributed by atoms with Gasteiger partial charge in [-0.3, -0.25) is 0 Å². The molecule has 0 spiro atoms. The molecular weight excluding hydrogens is 262 g/mol. The summed E-state index contributed by atoms with van der Waals surface area (Å²) in [5.41, 5.74) is 3.29. The average Bonchev–Trinajstić information content (AvgIpc) is 2.50. The lowest BCUT2D eigenvalue weighted by Crippen LogP contribution is -2.29. The second kappa shape index (κ2) is 6.18. The van der Waals surface area contributed by atoms with Crippen LogP contribution in [0.5, 0.6) is 0 Å². The second-order valence-corrected chi connectivity index (χ2v) is 6.71. The van der Waals surface area contributed by atoms with E-state index >= 15 is 0 Å². The quantitative estimate of drug-likeness (QED) is 0.848. The summed E-state index contributed by atoms with van der Waals surface area (Å²) >= 11 is 0. The number of benzene rings is 1. The predicted octanol–water partition coefficient (Wildman–Crippen LogP) is 3.31. The van der Waals surface area contributed by atoms with Crippen molar-refractivity contribution in [2.45, 2.75) is 52.2 Å². The maximum absolute atomic E-state index is 12.3. The van der Waals surface area contributed by atoms with Crippen LogP contribution in [0.2, 0.25) is 0 Å². The van der Waals surface area contributed by atoms with Crippen molar-refractivity contribution < 1.29 is 9.53 Å². The van der Waals surface area contributed by atoms with Crippen molar-refractivity contribution in [2.24, 2.45) is 11.8 Å². The van der Waals surface area contributed by atoms with Crippen molar-refractivity contribution in [2.75, 3.05) is 6.54 Å². The summed E-state index contributed by atoms with van der Waals surface area (Å²) in [5.74, 6) is 1.23. The fourth-order valence-corrected chi connectivity index (χ4v) is 3.43. The molecule has 0 radical (unpaired) electrons. The Hall–Kier alpha value is -1.35. The Morgan fingerprint density at radius 3 is 2.86 bits per heavy atom. The van der Waals surface area contributed by atoms with Crippen LogP contribution < -0.4 is 5.32 Å². The number of ether oxygens (including phenoxy) is 1. The SMILES string of the molecule is CC1CCC(OC(=O)c2ccc3c(c2)CNCC3)CC1C. The number of fused-ring (bicyclic) bond motifs is 1. The van der Waals surface area contributed by atoms with E-state index in [-0.39, 0.29) is 12.1 Å². The minimum atomic E-state index is -0.157. The van der Waals surface area contributed by atoms with Gasteiger partial charge in [-0.1, -0.05) is 19.9 Å². The van der Waals surface area contributed by atoms with Gasteiger partial charge in [0.05, 0.1) is 5.56 Å². The van der Waals surface area contributed by atoms with E-state index in [1.54, 1.807) is 0 Å². The normalized spacial score (nSPS) is 28.8. The summed E-state index contributed by atoms with van der Waals surface area (Å²) in [6.45, 7) is 6.43. The van der Waals surface area contributed by atoms with Crippen LogP contribution >= 0.6 is 0 Å². The van der Waals surface area contributed by atoms with E-state index in [1.165, 1.54) is 11.1 Å². The van der Waals surface area contributed by atoms with Crippen LogP contribution in [0.25, 0.3) is 0 Å². The van der Waals surface area contributed by atoms with Gasteiger partial charge in [-0.25, -0.2) is 4.79 Å². The van der Waals surface area contributed by atoms with Gasteiger partial charge in [-0.05, 0) is 67.3 Å². The van der Waals surface area contributed by atoms with E-state index in [4.69, 9.17) is 4.74 Å². The summed E-state index contributed by atoms with van der Waals surface area (Å²) in [6, 6.07) is 6.00. The molecule has 2 aliphatic rings. The Balaban J connectivity index is 1.65. The number of carbonyl (C=O) groups is 1. The van der Waals surface area contributed by atoms with Crippen molar-refractivity contribution in [3.8, 4) is 0 Å². The summed E-state index contributed by atoms with van der Waals surface area (Å²) in [6.07, 6.45) is 4.30. The highest BCUT2D eigenvalue weighted by Crippen LogP contribution is 2.31. The first-order valence-electron chi connectivity index (χ1n) is 8.17. The molecule has 1 heterocycles. The highest BCUT2D eigenvalue weighted by molar-refractivity contribution is 5.89. The molecule has 3 unspecified atom stereocenters. The second-order valence-electron chi connectivity index (χ2n) is 6.71. The summed E-state index contributed by atoms with van der Waals surface area (Å²) < 4.78 is 5.73. The zero-order chi connectivity index (χ0) is 14.8.